The Morgan fingerprint density at radius 1 is 1.03 bits per heavy atom. The first-order valence-corrected chi connectivity index (χ1v) is 10.6. The number of rotatable bonds is 4. The minimum Gasteiger partial charge on any atom is -0.408 e. The summed E-state index contributed by atoms with van der Waals surface area (Å²) in [7, 11) is 1.65. The summed E-state index contributed by atoms with van der Waals surface area (Å²) in [6, 6.07) is 16.5. The highest BCUT2D eigenvalue weighted by atomic mass is 16.4. The maximum Gasteiger partial charge on any atom is 0.420 e. The van der Waals surface area contributed by atoms with Crippen molar-refractivity contribution in [2.75, 3.05) is 13.1 Å². The van der Waals surface area contributed by atoms with E-state index in [1.807, 2.05) is 36.4 Å². The molecule has 0 aliphatic carbocycles. The van der Waals surface area contributed by atoms with E-state index in [-0.39, 0.29) is 24.1 Å². The van der Waals surface area contributed by atoms with Gasteiger partial charge in [0.25, 0.3) is 0 Å². The molecule has 1 aliphatic heterocycles. The number of likely N-dealkylation sites (tertiary alicyclic amines) is 1. The van der Waals surface area contributed by atoms with Crippen molar-refractivity contribution in [1.82, 2.24) is 23.8 Å². The van der Waals surface area contributed by atoms with Crippen LogP contribution in [-0.4, -0.2) is 42.8 Å². The molecular formula is C23H23N5O4. The summed E-state index contributed by atoms with van der Waals surface area (Å²) in [5, 5.41) is 4.49. The van der Waals surface area contributed by atoms with Gasteiger partial charge in [-0.1, -0.05) is 30.3 Å². The second-order valence-electron chi connectivity index (χ2n) is 8.01. The number of piperidine rings is 1. The molecule has 2 aromatic carbocycles. The number of para-hydroxylation sites is 3. The Morgan fingerprint density at radius 2 is 1.72 bits per heavy atom. The van der Waals surface area contributed by atoms with E-state index in [1.54, 1.807) is 34.7 Å². The maximum atomic E-state index is 12.9. The molecule has 1 fully saturated rings. The topological polar surface area (TPSA) is 95.3 Å². The van der Waals surface area contributed by atoms with Gasteiger partial charge in [-0.05, 0) is 37.1 Å². The van der Waals surface area contributed by atoms with E-state index in [0.717, 1.165) is 5.69 Å². The second-order valence-corrected chi connectivity index (χ2v) is 8.01. The molecule has 9 heteroatoms. The summed E-state index contributed by atoms with van der Waals surface area (Å²) in [6.45, 7) is 1.01. The number of benzene rings is 2. The van der Waals surface area contributed by atoms with Crippen LogP contribution in [0.4, 0.5) is 0 Å². The fraction of sp³-hybridized carbons (Fsp3) is 0.304. The molecular weight excluding hydrogens is 410 g/mol. The third-order valence-electron chi connectivity index (χ3n) is 6.04. The van der Waals surface area contributed by atoms with E-state index in [1.165, 1.54) is 9.25 Å². The number of nitrogens with zero attached hydrogens (tertiary/aromatic N) is 5. The lowest BCUT2D eigenvalue weighted by Gasteiger charge is -2.31. The lowest BCUT2D eigenvalue weighted by atomic mass is 9.95. The van der Waals surface area contributed by atoms with Crippen LogP contribution in [0, 0.1) is 0 Å². The van der Waals surface area contributed by atoms with Gasteiger partial charge < -0.3 is 9.32 Å². The molecule has 0 unspecified atom stereocenters. The smallest absolute Gasteiger partial charge is 0.408 e. The minimum absolute atomic E-state index is 0.0567. The van der Waals surface area contributed by atoms with E-state index in [9.17, 15) is 14.4 Å². The minimum atomic E-state index is -0.533. The third-order valence-corrected chi connectivity index (χ3v) is 6.04. The molecule has 1 saturated heterocycles. The van der Waals surface area contributed by atoms with Crippen molar-refractivity contribution in [3.05, 3.63) is 81.5 Å². The van der Waals surface area contributed by atoms with Crippen LogP contribution in [0.15, 0.2) is 68.6 Å². The molecule has 0 bridgehead atoms. The normalized spacial score (nSPS) is 14.8. The average Bonchev–Trinajstić information content (AvgIpc) is 3.30. The third kappa shape index (κ3) is 3.45. The summed E-state index contributed by atoms with van der Waals surface area (Å²) < 4.78 is 9.60. The van der Waals surface area contributed by atoms with Crippen LogP contribution in [0.3, 0.4) is 0 Å². The highest BCUT2D eigenvalue weighted by Gasteiger charge is 2.29. The Kier molecular flexibility index (Phi) is 5.01. The highest BCUT2D eigenvalue weighted by molar-refractivity contribution is 5.79. The zero-order valence-corrected chi connectivity index (χ0v) is 17.7. The van der Waals surface area contributed by atoms with Gasteiger partial charge in [-0.25, -0.2) is 18.8 Å². The zero-order chi connectivity index (χ0) is 22.2. The van der Waals surface area contributed by atoms with Gasteiger partial charge in [0.05, 0.1) is 11.2 Å². The molecule has 164 valence electrons. The van der Waals surface area contributed by atoms with Crippen LogP contribution < -0.4 is 11.4 Å². The quantitative estimate of drug-likeness (QED) is 0.490. The predicted molar refractivity (Wildman–Crippen MR) is 118 cm³/mol. The van der Waals surface area contributed by atoms with Gasteiger partial charge in [-0.3, -0.25) is 9.36 Å². The second kappa shape index (κ2) is 7.99. The van der Waals surface area contributed by atoms with Crippen molar-refractivity contribution in [3.8, 4) is 5.69 Å². The Bertz CT molecular complexity index is 1390. The van der Waals surface area contributed by atoms with Crippen molar-refractivity contribution in [2.24, 2.45) is 7.05 Å². The molecule has 1 aliphatic rings. The number of aromatic nitrogens is 4. The zero-order valence-electron chi connectivity index (χ0n) is 17.7. The molecule has 0 atom stereocenters. The first-order valence-electron chi connectivity index (χ1n) is 10.6. The molecule has 5 rings (SSSR count). The van der Waals surface area contributed by atoms with Crippen LogP contribution >= 0.6 is 0 Å². The van der Waals surface area contributed by atoms with Crippen molar-refractivity contribution in [2.45, 2.75) is 25.3 Å². The first-order chi connectivity index (χ1) is 15.5. The largest absolute Gasteiger partial charge is 0.420 e. The molecule has 4 aromatic rings. The lowest BCUT2D eigenvalue weighted by molar-refractivity contribution is -0.132. The number of hydrogen-bond acceptors (Lipinski definition) is 5. The van der Waals surface area contributed by atoms with Gasteiger partial charge >= 0.3 is 11.4 Å². The number of hydrogen-bond donors (Lipinski definition) is 0. The summed E-state index contributed by atoms with van der Waals surface area (Å²) in [4.78, 5) is 39.5. The fourth-order valence-electron chi connectivity index (χ4n) is 4.35. The van der Waals surface area contributed by atoms with Gasteiger partial charge in [0.2, 0.25) is 5.91 Å². The van der Waals surface area contributed by atoms with Crippen LogP contribution in [0.2, 0.25) is 0 Å². The molecule has 32 heavy (non-hydrogen) atoms. The summed E-state index contributed by atoms with van der Waals surface area (Å²) in [6.07, 6.45) is 1.38. The lowest BCUT2D eigenvalue weighted by Crippen LogP contribution is -2.41. The van der Waals surface area contributed by atoms with Gasteiger partial charge in [-0.2, -0.15) is 5.10 Å². The number of oxazole rings is 1. The first kappa shape index (κ1) is 20.0. The maximum absolute atomic E-state index is 12.9. The summed E-state index contributed by atoms with van der Waals surface area (Å²) in [5.41, 5.74) is 1.68. The summed E-state index contributed by atoms with van der Waals surface area (Å²) in [5.74, 6) is 0.117. The van der Waals surface area contributed by atoms with Crippen LogP contribution in [0.1, 0.15) is 24.6 Å². The molecule has 2 aromatic heterocycles. The SMILES string of the molecule is Cn1nc(C2CCN(C(=O)Cn3c(=O)oc4ccccc43)CC2)n(-c2ccccc2)c1=O. The van der Waals surface area contributed by atoms with E-state index in [2.05, 4.69) is 5.10 Å². The molecule has 0 saturated carbocycles. The van der Waals surface area contributed by atoms with Crippen molar-refractivity contribution in [1.29, 1.82) is 0 Å². The standard InChI is InChI=1S/C23H23N5O4/c1-25-22(30)28(17-7-3-2-4-8-17)21(24-25)16-11-13-26(14-12-16)20(29)15-27-18-9-5-6-10-19(18)32-23(27)31/h2-10,16H,11-15H2,1H3. The predicted octanol–water partition coefficient (Wildman–Crippen LogP) is 1.89. The Hall–Kier alpha value is -3.88. The number of carbonyl (C=O) groups is 1. The molecule has 0 N–H and O–H groups in total. The Labute approximate surface area is 183 Å². The molecule has 3 heterocycles. The van der Waals surface area contributed by atoms with E-state index < -0.39 is 5.76 Å². The molecule has 0 radical (unpaired) electrons. The van der Waals surface area contributed by atoms with Gasteiger partial charge in [-0.15, -0.1) is 0 Å². The van der Waals surface area contributed by atoms with Crippen molar-refractivity contribution in [3.63, 3.8) is 0 Å². The number of aryl methyl sites for hydroxylation is 1. The van der Waals surface area contributed by atoms with E-state index in [4.69, 9.17) is 4.42 Å². The molecule has 1 amide bonds. The number of fused-ring (bicyclic) bond motifs is 1. The molecule has 0 spiro atoms. The van der Waals surface area contributed by atoms with Gasteiger partial charge in [0.1, 0.15) is 12.4 Å². The Balaban J connectivity index is 1.32. The van der Waals surface area contributed by atoms with E-state index >= 15 is 0 Å². The number of carbonyl (C=O) groups excluding carboxylic acids is 1. The highest BCUT2D eigenvalue weighted by Crippen LogP contribution is 2.27. The summed E-state index contributed by atoms with van der Waals surface area (Å²) >= 11 is 0. The van der Waals surface area contributed by atoms with Crippen LogP contribution in [0.5, 0.6) is 0 Å². The molecule has 9 nitrogen and oxygen atoms in total. The monoisotopic (exact) mass is 433 g/mol. The van der Waals surface area contributed by atoms with Crippen LogP contribution in [-0.2, 0) is 18.4 Å². The number of amides is 1. The fourth-order valence-corrected chi connectivity index (χ4v) is 4.35. The van der Waals surface area contributed by atoms with Crippen molar-refractivity contribution < 1.29 is 9.21 Å². The van der Waals surface area contributed by atoms with Crippen molar-refractivity contribution >= 4 is 17.0 Å². The van der Waals surface area contributed by atoms with Gasteiger partial charge in [0.15, 0.2) is 5.58 Å². The van der Waals surface area contributed by atoms with E-state index in [0.29, 0.717) is 42.9 Å². The van der Waals surface area contributed by atoms with Gasteiger partial charge in [0, 0.05) is 26.1 Å². The van der Waals surface area contributed by atoms with Crippen LogP contribution in [0.25, 0.3) is 16.8 Å². The average molecular weight is 433 g/mol. The Morgan fingerprint density at radius 3 is 2.47 bits per heavy atom.